The van der Waals surface area contributed by atoms with Crippen molar-refractivity contribution >= 4 is 6.03 Å². The first-order valence-corrected chi connectivity index (χ1v) is 4.83. The molecule has 1 rings (SSSR count). The van der Waals surface area contributed by atoms with Gasteiger partial charge in [-0.05, 0) is 26.2 Å². The molecule has 1 saturated heterocycles. The van der Waals surface area contributed by atoms with Gasteiger partial charge in [0.15, 0.2) is 0 Å². The lowest BCUT2D eigenvalue weighted by atomic mass is 9.91. The van der Waals surface area contributed by atoms with Crippen LogP contribution >= 0.6 is 0 Å². The van der Waals surface area contributed by atoms with E-state index in [2.05, 4.69) is 20.8 Å². The van der Waals surface area contributed by atoms with E-state index in [-0.39, 0.29) is 11.6 Å². The predicted molar refractivity (Wildman–Crippen MR) is 53.6 cm³/mol. The summed E-state index contributed by atoms with van der Waals surface area (Å²) in [5.74, 6) is 0.578. The van der Waals surface area contributed by atoms with Crippen LogP contribution in [0.3, 0.4) is 0 Å². The molecule has 1 fully saturated rings. The molecule has 0 aromatic heterocycles. The van der Waals surface area contributed by atoms with Crippen LogP contribution in [0, 0.1) is 5.92 Å². The molecular formula is C10H20N2O. The zero-order chi connectivity index (χ0) is 10.2. The van der Waals surface area contributed by atoms with Gasteiger partial charge >= 0.3 is 6.03 Å². The Bertz CT molecular complexity index is 213. The summed E-state index contributed by atoms with van der Waals surface area (Å²) in [4.78, 5) is 15.4. The number of hydrogen-bond donors (Lipinski definition) is 0. The van der Waals surface area contributed by atoms with Crippen LogP contribution in [0.4, 0.5) is 4.79 Å². The molecule has 1 atom stereocenters. The van der Waals surface area contributed by atoms with E-state index in [1.54, 1.807) is 4.90 Å². The summed E-state index contributed by atoms with van der Waals surface area (Å²) in [5, 5.41) is 0. The van der Waals surface area contributed by atoms with Gasteiger partial charge in [0, 0.05) is 26.2 Å². The van der Waals surface area contributed by atoms with Crippen molar-refractivity contribution in [2.45, 2.75) is 32.7 Å². The molecule has 1 unspecified atom stereocenters. The first-order valence-electron chi connectivity index (χ1n) is 4.83. The smallest absolute Gasteiger partial charge is 0.319 e. The van der Waals surface area contributed by atoms with Gasteiger partial charge in [-0.1, -0.05) is 6.92 Å². The first-order chi connectivity index (χ1) is 5.84. The highest BCUT2D eigenvalue weighted by molar-refractivity contribution is 5.75. The minimum atomic E-state index is -0.0126. The van der Waals surface area contributed by atoms with Crippen molar-refractivity contribution in [2.75, 3.05) is 20.6 Å². The highest BCUT2D eigenvalue weighted by atomic mass is 16.2. The van der Waals surface area contributed by atoms with Gasteiger partial charge in [0.25, 0.3) is 0 Å². The quantitative estimate of drug-likeness (QED) is 0.563. The normalized spacial score (nSPS) is 29.0. The fourth-order valence-electron chi connectivity index (χ4n) is 2.11. The summed E-state index contributed by atoms with van der Waals surface area (Å²) < 4.78 is 0. The number of rotatable bonds is 0. The number of nitrogens with zero attached hydrogens (tertiary/aromatic N) is 2. The summed E-state index contributed by atoms with van der Waals surface area (Å²) in [7, 11) is 3.76. The van der Waals surface area contributed by atoms with Gasteiger partial charge in [0.05, 0.1) is 0 Å². The molecule has 1 heterocycles. The van der Waals surface area contributed by atoms with E-state index in [0.717, 1.165) is 13.0 Å². The van der Waals surface area contributed by atoms with Crippen molar-refractivity contribution in [1.82, 2.24) is 9.80 Å². The molecule has 1 aliphatic heterocycles. The molecule has 0 N–H and O–H groups in total. The molecule has 0 spiro atoms. The van der Waals surface area contributed by atoms with E-state index in [4.69, 9.17) is 0 Å². The molecular weight excluding hydrogens is 164 g/mol. The first kappa shape index (κ1) is 10.4. The van der Waals surface area contributed by atoms with Gasteiger partial charge in [-0.2, -0.15) is 0 Å². The highest BCUT2D eigenvalue weighted by Crippen LogP contribution is 2.26. The van der Waals surface area contributed by atoms with Crippen LogP contribution in [-0.4, -0.2) is 42.0 Å². The van der Waals surface area contributed by atoms with Crippen molar-refractivity contribution in [3.8, 4) is 0 Å². The van der Waals surface area contributed by atoms with E-state index >= 15 is 0 Å². The summed E-state index contributed by atoms with van der Waals surface area (Å²) in [6.45, 7) is 7.32. The van der Waals surface area contributed by atoms with Gasteiger partial charge in [-0.3, -0.25) is 0 Å². The molecule has 0 aromatic rings. The number of hydrogen-bond acceptors (Lipinski definition) is 1. The predicted octanol–water partition coefficient (Wildman–Crippen LogP) is 1.79. The van der Waals surface area contributed by atoms with Gasteiger partial charge in [-0.15, -0.1) is 0 Å². The van der Waals surface area contributed by atoms with E-state index in [0.29, 0.717) is 5.92 Å². The monoisotopic (exact) mass is 184 g/mol. The Hall–Kier alpha value is -0.730. The molecule has 3 heteroatoms. The van der Waals surface area contributed by atoms with Crippen molar-refractivity contribution in [1.29, 1.82) is 0 Å². The maximum atomic E-state index is 11.8. The second-order valence-corrected chi connectivity index (χ2v) is 4.84. The Kier molecular flexibility index (Phi) is 2.55. The third-order valence-corrected chi connectivity index (χ3v) is 2.96. The topological polar surface area (TPSA) is 23.6 Å². The lowest BCUT2D eigenvalue weighted by molar-refractivity contribution is 0.139. The standard InChI is InChI=1S/C10H20N2O/c1-8-6-10(2,3)12(5)9(13)11(4)7-8/h8H,6-7H2,1-5H3. The second kappa shape index (κ2) is 3.20. The van der Waals surface area contributed by atoms with E-state index in [1.165, 1.54) is 0 Å². The van der Waals surface area contributed by atoms with Crippen LogP contribution in [0.15, 0.2) is 0 Å². The molecule has 0 radical (unpaired) electrons. The fourth-order valence-corrected chi connectivity index (χ4v) is 2.11. The number of carbonyl (C=O) groups excluding carboxylic acids is 1. The lowest BCUT2D eigenvalue weighted by Gasteiger charge is -2.35. The molecule has 2 amide bonds. The van der Waals surface area contributed by atoms with Crippen LogP contribution in [0.5, 0.6) is 0 Å². The molecule has 3 nitrogen and oxygen atoms in total. The molecule has 1 aliphatic rings. The summed E-state index contributed by atoms with van der Waals surface area (Å²) >= 11 is 0. The Morgan fingerprint density at radius 1 is 1.38 bits per heavy atom. The van der Waals surface area contributed by atoms with E-state index in [1.807, 2.05) is 19.0 Å². The van der Waals surface area contributed by atoms with Gasteiger partial charge < -0.3 is 9.80 Å². The lowest BCUT2D eigenvalue weighted by Crippen LogP contribution is -2.47. The van der Waals surface area contributed by atoms with Crippen molar-refractivity contribution in [3.63, 3.8) is 0 Å². The Balaban J connectivity index is 2.89. The number of urea groups is 1. The van der Waals surface area contributed by atoms with Crippen LogP contribution in [0.25, 0.3) is 0 Å². The third kappa shape index (κ3) is 1.95. The maximum Gasteiger partial charge on any atom is 0.319 e. The zero-order valence-electron chi connectivity index (χ0n) is 9.29. The minimum absolute atomic E-state index is 0.0126. The molecule has 0 aromatic carbocycles. The Morgan fingerprint density at radius 2 is 1.92 bits per heavy atom. The summed E-state index contributed by atoms with van der Waals surface area (Å²) in [6.07, 6.45) is 1.07. The van der Waals surface area contributed by atoms with Crippen LogP contribution in [0.1, 0.15) is 27.2 Å². The van der Waals surface area contributed by atoms with Crippen molar-refractivity contribution in [2.24, 2.45) is 5.92 Å². The average molecular weight is 184 g/mol. The highest BCUT2D eigenvalue weighted by Gasteiger charge is 2.34. The van der Waals surface area contributed by atoms with Gasteiger partial charge in [0.1, 0.15) is 0 Å². The van der Waals surface area contributed by atoms with Crippen LogP contribution < -0.4 is 0 Å². The summed E-state index contributed by atoms with van der Waals surface area (Å²) in [6, 6.07) is 0.134. The van der Waals surface area contributed by atoms with Crippen LogP contribution in [0.2, 0.25) is 0 Å². The fraction of sp³-hybridized carbons (Fsp3) is 0.900. The largest absolute Gasteiger partial charge is 0.327 e. The zero-order valence-corrected chi connectivity index (χ0v) is 9.29. The third-order valence-electron chi connectivity index (χ3n) is 2.96. The van der Waals surface area contributed by atoms with Crippen LogP contribution in [-0.2, 0) is 0 Å². The Labute approximate surface area is 80.7 Å². The maximum absolute atomic E-state index is 11.8. The van der Waals surface area contributed by atoms with Crippen molar-refractivity contribution < 1.29 is 4.79 Å². The van der Waals surface area contributed by atoms with Gasteiger partial charge in [0.2, 0.25) is 0 Å². The summed E-state index contributed by atoms with van der Waals surface area (Å²) in [5.41, 5.74) is -0.0126. The van der Waals surface area contributed by atoms with Crippen molar-refractivity contribution in [3.05, 3.63) is 0 Å². The average Bonchev–Trinajstić information content (AvgIpc) is 2.03. The molecule has 0 saturated carbocycles. The van der Waals surface area contributed by atoms with E-state index < -0.39 is 0 Å². The SMILES string of the molecule is CC1CN(C)C(=O)N(C)C(C)(C)C1. The van der Waals surface area contributed by atoms with E-state index in [9.17, 15) is 4.79 Å². The minimum Gasteiger partial charge on any atom is -0.327 e. The molecule has 13 heavy (non-hydrogen) atoms. The molecule has 76 valence electrons. The molecule has 0 aliphatic carbocycles. The number of carbonyl (C=O) groups is 1. The molecule has 0 bridgehead atoms. The van der Waals surface area contributed by atoms with Gasteiger partial charge in [-0.25, -0.2) is 4.79 Å². The Morgan fingerprint density at radius 3 is 2.46 bits per heavy atom. The number of amides is 2. The second-order valence-electron chi connectivity index (χ2n) is 4.84.